The summed E-state index contributed by atoms with van der Waals surface area (Å²) in [4.78, 5) is 138. The van der Waals surface area contributed by atoms with Crippen LogP contribution in [0, 0.1) is 12.8 Å². The largest absolute Gasteiger partial charge is 0.369 e. The number of imidazole rings is 4. The highest BCUT2D eigenvalue weighted by atomic mass is 79.9. The van der Waals surface area contributed by atoms with Gasteiger partial charge in [0.25, 0.3) is 22.2 Å². The number of halogens is 4. The smallest absolute Gasteiger partial charge is 0.356 e. The predicted octanol–water partition coefficient (Wildman–Crippen LogP) is 16.8. The van der Waals surface area contributed by atoms with Gasteiger partial charge >= 0.3 is 30.4 Å². The Kier molecular flexibility index (Phi) is 46.3. The number of nitrogens with two attached hydrogens (primary N) is 4. The molecule has 0 amide bonds. The third-order valence-corrected chi connectivity index (χ3v) is 32.6. The van der Waals surface area contributed by atoms with Crippen LogP contribution in [0.25, 0.3) is 44.7 Å². The molecule has 15 rings (SSSR count). The van der Waals surface area contributed by atoms with Crippen molar-refractivity contribution in [1.82, 2.24) is 78.1 Å². The second kappa shape index (κ2) is 58.6. The Morgan fingerprint density at radius 2 is 0.682 bits per heavy atom. The van der Waals surface area contributed by atoms with Crippen LogP contribution in [0.1, 0.15) is 74.2 Å². The molecule has 14 aromatic rings. The molecular weight excluding hydrogens is 2340 g/mol. The highest BCUT2D eigenvalue weighted by Crippen LogP contribution is 2.53. The number of ether oxygens (including phenoxy) is 4. The fourth-order valence-electron chi connectivity index (χ4n) is 13.2. The molecule has 788 valence electrons. The molecule has 148 heavy (non-hydrogen) atoms. The maximum absolute atomic E-state index is 13.5. The quantitative estimate of drug-likeness (QED) is 0.00997. The van der Waals surface area contributed by atoms with Gasteiger partial charge in [-0.2, -0.15) is 19.9 Å². The number of hydrogen-bond acceptors (Lipinski definition) is 40. The molecule has 0 bridgehead atoms. The Labute approximate surface area is 896 Å². The predicted molar refractivity (Wildman–Crippen MR) is 582 cm³/mol. The Hall–Kier alpha value is -9.90. The normalized spacial score (nSPS) is 13.6. The van der Waals surface area contributed by atoms with Gasteiger partial charge in [-0.1, -0.05) is 232 Å². The number of allylic oxidation sites excluding steroid dienone is 1. The number of fused-ring (bicyclic) bond motifs is 4. The van der Waals surface area contributed by atoms with E-state index in [1.165, 1.54) is 43.1 Å². The minimum absolute atomic E-state index is 0.0114. The van der Waals surface area contributed by atoms with Crippen molar-refractivity contribution in [1.29, 1.82) is 0 Å². The summed E-state index contributed by atoms with van der Waals surface area (Å²) in [5, 5.41) is -0.0895. The summed E-state index contributed by atoms with van der Waals surface area (Å²) < 4.78 is 131. The fourth-order valence-corrected chi connectivity index (χ4v) is 23.4. The Balaban J connectivity index is 0.000000175. The molecule has 0 spiro atoms. The van der Waals surface area contributed by atoms with E-state index in [1.807, 2.05) is 122 Å². The van der Waals surface area contributed by atoms with Crippen LogP contribution < -0.4 is 45.2 Å². The molecule has 4 unspecified atom stereocenters. The number of nitrogen functional groups attached to an aromatic ring is 4. The molecule has 0 saturated heterocycles. The van der Waals surface area contributed by atoms with Gasteiger partial charge in [0.1, 0.15) is 25.4 Å². The number of anilines is 4. The van der Waals surface area contributed by atoms with Gasteiger partial charge in [0.15, 0.2) is 54.9 Å². The topological polar surface area (TPSA) is 606 Å². The third kappa shape index (κ3) is 37.6. The molecule has 8 heterocycles. The van der Waals surface area contributed by atoms with Gasteiger partial charge in [0, 0.05) is 90.5 Å². The van der Waals surface area contributed by atoms with Crippen molar-refractivity contribution in [3.63, 3.8) is 0 Å². The minimum Gasteiger partial charge on any atom is -0.369 e. The molecule has 0 aliphatic heterocycles. The first-order valence-corrected chi connectivity index (χ1v) is 59.2. The van der Waals surface area contributed by atoms with Crippen LogP contribution in [-0.2, 0) is 136 Å². The molecule has 1 aliphatic carbocycles. The zero-order chi connectivity index (χ0) is 106. The van der Waals surface area contributed by atoms with Gasteiger partial charge in [-0.05, 0) is 90.6 Å². The van der Waals surface area contributed by atoms with Crippen LogP contribution in [0.3, 0.4) is 0 Å². The average molecular weight is 2450 g/mol. The maximum Gasteiger partial charge on any atom is 0.356 e. The number of benzene rings is 6. The van der Waals surface area contributed by atoms with E-state index in [0.717, 1.165) is 100 Å². The van der Waals surface area contributed by atoms with Crippen molar-refractivity contribution in [2.75, 3.05) is 124 Å². The first-order chi connectivity index (χ1) is 71.2. The molecule has 6 aromatic carbocycles. The number of hydrogen-bond donors (Lipinski definition) is 8. The number of rotatable bonds is 53. The van der Waals surface area contributed by atoms with E-state index in [9.17, 15) is 56.6 Å². The van der Waals surface area contributed by atoms with Crippen LogP contribution in [0.2, 0.25) is 0 Å². The number of H-pyrrole nitrogens is 4. The van der Waals surface area contributed by atoms with Crippen molar-refractivity contribution < 1.29 is 92.6 Å². The van der Waals surface area contributed by atoms with Crippen LogP contribution in [0.15, 0.2) is 227 Å². The van der Waals surface area contributed by atoms with Gasteiger partial charge in [-0.25, -0.2) is 19.9 Å². The Bertz CT molecular complexity index is 7340. The monoisotopic (exact) mass is 2440 g/mol. The fraction of sp³-hybridized carbons (Fsp3) is 0.326. The lowest BCUT2D eigenvalue weighted by molar-refractivity contribution is -0.116. The first kappa shape index (κ1) is 117. The average Bonchev–Trinajstić information content (AvgIpc) is 1.67. The summed E-state index contributed by atoms with van der Waals surface area (Å²) in [5.41, 5.74) is 28.2. The summed E-state index contributed by atoms with van der Waals surface area (Å²) in [6.07, 6.45) is 9.40. The lowest BCUT2D eigenvalue weighted by atomic mass is 9.87. The van der Waals surface area contributed by atoms with E-state index in [-0.39, 0.29) is 203 Å². The second-order valence-corrected chi connectivity index (χ2v) is 47.8. The summed E-state index contributed by atoms with van der Waals surface area (Å²) in [6.45, 7) is 7.55. The molecule has 4 atom stereocenters. The molecule has 8 aromatic heterocycles. The highest BCUT2D eigenvalue weighted by Gasteiger charge is 2.32. The maximum atomic E-state index is 13.5. The second-order valence-electron chi connectivity index (χ2n) is 31.8. The first-order valence-electron chi connectivity index (χ1n) is 45.2. The zero-order valence-corrected chi connectivity index (χ0v) is 92.5. The standard InChI is InChI=1S/C25H27BrN5O6PS.C24H25BrN5O6PS.C22H27BrN5O6PS.C21H25BrN5O6PS/c1-17-5-7-19(8-6-17)24(33)39-12-11-36-38(34,37-14-18-3-2-4-20(26)13-18)16-35-10-9-31-15-28-21-22(31)29-25(27)30-23(21)32;25-19-8-4-5-17(13-19)14-36-37(33,35-11-12-38-23(32)18-6-2-1-3-7-18)16-34-10-9-30-15-27-20-21(30)28-24(26)29-22(20)31;23-17-6-1-3-15(11-17)12-34-35(31,33-9-10-36-21(30)16-4-2-5-16)14-32-8-7-28-13-25-18-19(28)26-22(24)27-20(18)29;1-2-4-17(28)35-10-9-32-34(30,33-12-15-5-3-6-16(22)11-15)14-31-8-7-27-13-24-18-19(27)25-21(23)26-20(18)29/h2-8,13,15H,9-12,14,16H2,1H3,(H3,27,29,30,32);1-8,13,15H,9-12,14,16H2,(H3,26,28,29,31);1,3,6,11,13,16H,2,4-5,7-10,12,14H2,(H3,24,26,27,29);2-3,5-6,11,13H,1,4,7-10,12,14H2,(H3,23,25,26,29). The van der Waals surface area contributed by atoms with Crippen LogP contribution >= 0.6 is 141 Å². The molecule has 56 heteroatoms. The van der Waals surface area contributed by atoms with Gasteiger partial charge in [0.05, 0.1) is 105 Å². The van der Waals surface area contributed by atoms with Crippen molar-refractivity contribution in [3.8, 4) is 0 Å². The van der Waals surface area contributed by atoms with Gasteiger partial charge in [-0.3, -0.25) is 76.6 Å². The number of carbonyl (C=O) groups excluding carboxylic acids is 4. The van der Waals surface area contributed by atoms with Gasteiger partial charge in [0.2, 0.25) is 34.0 Å². The highest BCUT2D eigenvalue weighted by molar-refractivity contribution is 9.11. The van der Waals surface area contributed by atoms with E-state index in [2.05, 4.69) is 130 Å². The van der Waals surface area contributed by atoms with Gasteiger partial charge < -0.3 is 96.3 Å². The minimum atomic E-state index is -3.69. The molecular formula is C92H104Br4N20O24P4S4. The Morgan fingerprint density at radius 1 is 0.392 bits per heavy atom. The van der Waals surface area contributed by atoms with Crippen LogP contribution in [0.5, 0.6) is 0 Å². The zero-order valence-electron chi connectivity index (χ0n) is 79.3. The van der Waals surface area contributed by atoms with Crippen molar-refractivity contribution >= 4 is 230 Å². The molecule has 0 radical (unpaired) electrons. The van der Waals surface area contributed by atoms with E-state index in [4.69, 9.17) is 78.1 Å². The molecule has 44 nitrogen and oxygen atoms in total. The number of nitrogens with one attached hydrogen (secondary N) is 4. The summed E-state index contributed by atoms with van der Waals surface area (Å²) >= 11 is 18.0. The van der Waals surface area contributed by atoms with Crippen LogP contribution in [0.4, 0.5) is 23.8 Å². The van der Waals surface area contributed by atoms with Crippen molar-refractivity contribution in [2.45, 2.75) is 85.2 Å². The number of thioether (sulfide) groups is 4. The third-order valence-electron chi connectivity index (χ3n) is 20.6. The molecule has 12 N–H and O–H groups in total. The van der Waals surface area contributed by atoms with Crippen molar-refractivity contribution in [2.24, 2.45) is 5.92 Å². The number of aromatic nitrogens is 16. The summed E-state index contributed by atoms with van der Waals surface area (Å²) in [7, 11) is -14.6. The summed E-state index contributed by atoms with van der Waals surface area (Å²) in [5.74, 6) is 1.36. The lowest BCUT2D eigenvalue weighted by Gasteiger charge is -2.23. The SMILES string of the molecule is C=CCC(=O)SCCOP(=O)(COCCn1cnc2c(=O)[nH]c(N)nc21)OCc1cccc(Br)c1.Cc1ccc(C(=O)SCCOP(=O)(COCCn2cnc3c(=O)[nH]c(N)nc32)OCc2cccc(Br)c2)cc1.Nc1nc2c(ncn2CCOCP(=O)(OCCSC(=O)C2CCC2)OCc2cccc(Br)c2)c(=O)[nH]1.Nc1nc2c(ncn2CCOCP(=O)(OCCSC(=O)c2ccccc2)OCc2cccc(Br)c2)c(=O)[nH]1. The molecule has 1 fully saturated rings. The number of aryl methyl sites for hydroxylation is 1. The number of aromatic amines is 4. The molecule has 1 saturated carbocycles. The van der Waals surface area contributed by atoms with Crippen LogP contribution in [-0.4, -0.2) is 200 Å². The van der Waals surface area contributed by atoms with E-state index in [1.54, 1.807) is 54.7 Å². The van der Waals surface area contributed by atoms with Crippen molar-refractivity contribution in [3.05, 3.63) is 288 Å². The molecule has 1 aliphatic rings. The van der Waals surface area contributed by atoms with E-state index >= 15 is 0 Å². The van der Waals surface area contributed by atoms with E-state index < -0.39 is 52.6 Å². The van der Waals surface area contributed by atoms with Gasteiger partial charge in [-0.15, -0.1) is 6.58 Å². The number of nitrogens with zero attached hydrogens (tertiary/aromatic N) is 12. The Morgan fingerprint density at radius 3 is 0.966 bits per heavy atom. The number of carbonyl (C=O) groups is 4. The summed E-state index contributed by atoms with van der Waals surface area (Å²) in [6, 6.07) is 45.9. The lowest BCUT2D eigenvalue weighted by Crippen LogP contribution is -2.20. The van der Waals surface area contributed by atoms with E-state index in [0.29, 0.717) is 63.3 Å².